The van der Waals surface area contributed by atoms with Crippen molar-refractivity contribution in [3.05, 3.63) is 12.3 Å². The van der Waals surface area contributed by atoms with Gasteiger partial charge in [0, 0.05) is 29.4 Å². The third-order valence-corrected chi connectivity index (χ3v) is 7.51. The average molecular weight is 413 g/mol. The number of anilines is 1. The van der Waals surface area contributed by atoms with Gasteiger partial charge in [0.2, 0.25) is 11.9 Å². The highest BCUT2D eigenvalue weighted by molar-refractivity contribution is 7.84. The third kappa shape index (κ3) is 5.19. The Labute approximate surface area is 168 Å². The van der Waals surface area contributed by atoms with E-state index in [4.69, 9.17) is 11.6 Å². The van der Waals surface area contributed by atoms with Crippen molar-refractivity contribution in [2.45, 2.75) is 68.9 Å². The van der Waals surface area contributed by atoms with E-state index >= 15 is 0 Å². The first kappa shape index (κ1) is 20.5. The Morgan fingerprint density at radius 1 is 1.33 bits per heavy atom. The van der Waals surface area contributed by atoms with Crippen molar-refractivity contribution in [3.63, 3.8) is 0 Å². The molecular formula is C19H29ClN4O2S. The van der Waals surface area contributed by atoms with Gasteiger partial charge in [-0.25, -0.2) is 9.97 Å². The van der Waals surface area contributed by atoms with Gasteiger partial charge < -0.3 is 10.6 Å². The molecule has 3 rings (SSSR count). The van der Waals surface area contributed by atoms with E-state index in [9.17, 15) is 9.00 Å². The fraction of sp³-hybridized carbons (Fsp3) is 0.737. The zero-order valence-electron chi connectivity index (χ0n) is 16.2. The maximum Gasteiger partial charge on any atom is 0.225 e. The van der Waals surface area contributed by atoms with Crippen molar-refractivity contribution in [1.82, 2.24) is 15.3 Å². The normalized spacial score (nSPS) is 30.3. The van der Waals surface area contributed by atoms with Gasteiger partial charge in [0.15, 0.2) is 0 Å². The van der Waals surface area contributed by atoms with Gasteiger partial charge in [-0.3, -0.25) is 9.00 Å². The quantitative estimate of drug-likeness (QED) is 0.554. The molecule has 1 aliphatic heterocycles. The number of carbonyl (C=O) groups is 1. The Kier molecular flexibility index (Phi) is 6.74. The maximum absolute atomic E-state index is 12.6. The molecule has 2 aliphatic rings. The number of nitrogens with one attached hydrogen (secondary N) is 2. The number of alkyl halides is 1. The van der Waals surface area contributed by atoms with Crippen LogP contribution < -0.4 is 10.6 Å². The molecule has 1 aromatic rings. The molecule has 0 spiro atoms. The zero-order chi connectivity index (χ0) is 19.6. The topological polar surface area (TPSA) is 84.0 Å². The first-order valence-electron chi connectivity index (χ1n) is 9.76. The van der Waals surface area contributed by atoms with E-state index in [0.29, 0.717) is 28.6 Å². The lowest BCUT2D eigenvalue weighted by molar-refractivity contribution is -0.130. The summed E-state index contributed by atoms with van der Waals surface area (Å²) in [5, 5.41) is 7.16. The number of halogens is 1. The molecule has 27 heavy (non-hydrogen) atoms. The van der Waals surface area contributed by atoms with Crippen LogP contribution in [0.4, 0.5) is 5.95 Å². The van der Waals surface area contributed by atoms with Crippen LogP contribution in [0.3, 0.4) is 0 Å². The van der Waals surface area contributed by atoms with Crippen LogP contribution in [0.1, 0.15) is 46.5 Å². The second kappa shape index (κ2) is 8.86. The predicted octanol–water partition coefficient (Wildman–Crippen LogP) is 2.95. The molecule has 2 N–H and O–H groups in total. The summed E-state index contributed by atoms with van der Waals surface area (Å²) in [5.41, 5.74) is 0. The number of carbonyl (C=O) groups excluding carboxylic acids is 1. The number of amides is 1. The van der Waals surface area contributed by atoms with Gasteiger partial charge in [0.05, 0.1) is 16.7 Å². The summed E-state index contributed by atoms with van der Waals surface area (Å²) in [7, 11) is -1.14. The van der Waals surface area contributed by atoms with Crippen LogP contribution in [-0.2, 0) is 15.6 Å². The third-order valence-electron chi connectivity index (χ3n) is 5.45. The van der Waals surface area contributed by atoms with E-state index in [2.05, 4.69) is 20.6 Å². The first-order chi connectivity index (χ1) is 12.8. The monoisotopic (exact) mass is 412 g/mol. The highest BCUT2D eigenvalue weighted by Crippen LogP contribution is 2.36. The van der Waals surface area contributed by atoms with E-state index in [0.717, 1.165) is 25.7 Å². The number of piperidine rings is 1. The fourth-order valence-electron chi connectivity index (χ4n) is 4.04. The lowest BCUT2D eigenvalue weighted by Gasteiger charge is -2.42. The fourth-order valence-corrected chi connectivity index (χ4v) is 5.57. The second-order valence-electron chi connectivity index (χ2n) is 8.19. The Bertz CT molecular complexity index is 702. The standard InChI is InChI=1S/C19H29ClN4O2S/c1-11(2)10-27(26)17-6-7-21-19(24-17)22-12(3)15-9-13-8-14(20)4-5-16(13)23-18(15)25/h6-7,11-16H,4-5,8-10H2,1-3H3,(H,23,25)(H,21,22,24)/t12-,13?,14?,15?,16?,27+/m0/s1. The minimum atomic E-state index is -1.14. The van der Waals surface area contributed by atoms with Gasteiger partial charge in [-0.15, -0.1) is 11.6 Å². The van der Waals surface area contributed by atoms with Gasteiger partial charge >= 0.3 is 0 Å². The van der Waals surface area contributed by atoms with Gasteiger partial charge in [-0.05, 0) is 50.5 Å². The highest BCUT2D eigenvalue weighted by Gasteiger charge is 2.41. The van der Waals surface area contributed by atoms with Crippen LogP contribution in [0.5, 0.6) is 0 Å². The molecule has 1 saturated carbocycles. The minimum absolute atomic E-state index is 0.0869. The van der Waals surface area contributed by atoms with Crippen molar-refractivity contribution in [2.75, 3.05) is 11.1 Å². The molecule has 8 heteroatoms. The van der Waals surface area contributed by atoms with Crippen molar-refractivity contribution in [1.29, 1.82) is 0 Å². The van der Waals surface area contributed by atoms with Crippen LogP contribution in [0.2, 0.25) is 0 Å². The molecule has 6 atom stereocenters. The molecule has 1 aliphatic carbocycles. The molecule has 1 aromatic heterocycles. The van der Waals surface area contributed by atoms with Gasteiger partial charge in [0.1, 0.15) is 5.03 Å². The largest absolute Gasteiger partial charge is 0.353 e. The van der Waals surface area contributed by atoms with Crippen LogP contribution >= 0.6 is 11.6 Å². The molecule has 2 heterocycles. The Balaban J connectivity index is 1.65. The van der Waals surface area contributed by atoms with Crippen LogP contribution in [0.15, 0.2) is 17.3 Å². The molecule has 1 amide bonds. The summed E-state index contributed by atoms with van der Waals surface area (Å²) in [4.78, 5) is 21.2. The molecular weight excluding hydrogens is 384 g/mol. The summed E-state index contributed by atoms with van der Waals surface area (Å²) in [6.07, 6.45) is 5.33. The molecule has 150 valence electrons. The Hall–Kier alpha value is -1.21. The van der Waals surface area contributed by atoms with Gasteiger partial charge in [-0.2, -0.15) is 0 Å². The number of aromatic nitrogens is 2. The minimum Gasteiger partial charge on any atom is -0.353 e. The summed E-state index contributed by atoms with van der Waals surface area (Å²) in [6.45, 7) is 6.05. The maximum atomic E-state index is 12.6. The molecule has 0 aromatic carbocycles. The lowest BCUT2D eigenvalue weighted by Crippen LogP contribution is -2.55. The second-order valence-corrected chi connectivity index (χ2v) is 10.2. The van der Waals surface area contributed by atoms with E-state index in [1.807, 2.05) is 20.8 Å². The number of fused-ring (bicyclic) bond motifs is 1. The number of rotatable bonds is 6. The summed E-state index contributed by atoms with van der Waals surface area (Å²) in [5.74, 6) is 1.69. The lowest BCUT2D eigenvalue weighted by atomic mass is 9.74. The summed E-state index contributed by atoms with van der Waals surface area (Å²) >= 11 is 6.34. The average Bonchev–Trinajstić information content (AvgIpc) is 2.61. The van der Waals surface area contributed by atoms with E-state index in [1.165, 1.54) is 0 Å². The van der Waals surface area contributed by atoms with Crippen LogP contribution in [-0.4, -0.2) is 43.3 Å². The number of nitrogens with zero attached hydrogens (tertiary/aromatic N) is 2. The Morgan fingerprint density at radius 3 is 2.85 bits per heavy atom. The van der Waals surface area contributed by atoms with Gasteiger partial charge in [0.25, 0.3) is 0 Å². The molecule has 1 saturated heterocycles. The van der Waals surface area contributed by atoms with Crippen molar-refractivity contribution >= 4 is 34.3 Å². The van der Waals surface area contributed by atoms with Crippen LogP contribution in [0.25, 0.3) is 0 Å². The summed E-state index contributed by atoms with van der Waals surface area (Å²) < 4.78 is 12.4. The number of hydrogen-bond acceptors (Lipinski definition) is 5. The molecule has 0 bridgehead atoms. The van der Waals surface area contributed by atoms with Crippen LogP contribution in [0, 0.1) is 17.8 Å². The molecule has 4 unspecified atom stereocenters. The van der Waals surface area contributed by atoms with Crippen molar-refractivity contribution in [2.24, 2.45) is 17.8 Å². The van der Waals surface area contributed by atoms with E-state index < -0.39 is 10.8 Å². The summed E-state index contributed by atoms with van der Waals surface area (Å²) in [6, 6.07) is 1.83. The zero-order valence-corrected chi connectivity index (χ0v) is 17.7. The van der Waals surface area contributed by atoms with Crippen molar-refractivity contribution < 1.29 is 9.00 Å². The first-order valence-corrected chi connectivity index (χ1v) is 11.5. The molecule has 2 fully saturated rings. The van der Waals surface area contributed by atoms with E-state index in [1.54, 1.807) is 12.3 Å². The van der Waals surface area contributed by atoms with Crippen molar-refractivity contribution in [3.8, 4) is 0 Å². The van der Waals surface area contributed by atoms with E-state index in [-0.39, 0.29) is 29.3 Å². The smallest absolute Gasteiger partial charge is 0.225 e. The molecule has 6 nitrogen and oxygen atoms in total. The number of hydrogen-bond donors (Lipinski definition) is 2. The highest BCUT2D eigenvalue weighted by atomic mass is 35.5. The molecule has 0 radical (unpaired) electrons. The Morgan fingerprint density at radius 2 is 2.11 bits per heavy atom. The SMILES string of the molecule is CC(C)C[S@@](=O)c1ccnc(N[C@@H](C)C2CC3CC(Cl)CCC3NC2=O)n1. The predicted molar refractivity (Wildman–Crippen MR) is 108 cm³/mol. The van der Waals surface area contributed by atoms with Gasteiger partial charge in [-0.1, -0.05) is 13.8 Å².